The van der Waals surface area contributed by atoms with Crippen molar-refractivity contribution < 1.29 is 14.7 Å². The van der Waals surface area contributed by atoms with Crippen molar-refractivity contribution in [2.75, 3.05) is 39.3 Å². The van der Waals surface area contributed by atoms with Gasteiger partial charge in [-0.25, -0.2) is 0 Å². The Morgan fingerprint density at radius 3 is 2.12 bits per heavy atom. The molecule has 1 atom stereocenters. The van der Waals surface area contributed by atoms with E-state index >= 15 is 0 Å². The maximum Gasteiger partial charge on any atom is 0.237 e. The highest BCUT2D eigenvalue weighted by molar-refractivity contribution is 5.89. The summed E-state index contributed by atoms with van der Waals surface area (Å²) in [6, 6.07) is 20.3. The summed E-state index contributed by atoms with van der Waals surface area (Å²) in [5.74, 6) is 0.381. The van der Waals surface area contributed by atoms with E-state index in [9.17, 15) is 14.7 Å². The highest BCUT2D eigenvalue weighted by atomic mass is 16.3. The quantitative estimate of drug-likeness (QED) is 0.700. The van der Waals surface area contributed by atoms with Gasteiger partial charge in [-0.05, 0) is 29.9 Å². The smallest absolute Gasteiger partial charge is 0.237 e. The number of hydrogen-bond donors (Lipinski definition) is 2. The van der Waals surface area contributed by atoms with Crippen LogP contribution in [0.2, 0.25) is 0 Å². The summed E-state index contributed by atoms with van der Waals surface area (Å²) in [6.07, 6.45) is 1.85. The molecule has 1 unspecified atom stereocenters. The van der Waals surface area contributed by atoms with Gasteiger partial charge in [0.25, 0.3) is 0 Å². The second kappa shape index (κ2) is 10.7. The molecule has 2 aromatic rings. The van der Waals surface area contributed by atoms with Crippen LogP contribution in [0.4, 0.5) is 0 Å². The van der Waals surface area contributed by atoms with Crippen LogP contribution in [0.1, 0.15) is 36.3 Å². The minimum absolute atomic E-state index is 0.0319. The number of nitrogens with zero attached hydrogens (tertiary/aromatic N) is 2. The highest BCUT2D eigenvalue weighted by Crippen LogP contribution is 2.28. The van der Waals surface area contributed by atoms with Crippen LogP contribution >= 0.6 is 0 Å². The second-order valence-corrected chi connectivity index (χ2v) is 8.89. The van der Waals surface area contributed by atoms with E-state index in [0.29, 0.717) is 26.2 Å². The fourth-order valence-electron chi connectivity index (χ4n) is 4.87. The number of carbonyl (C=O) groups excluding carboxylic acids is 2. The Kier molecular flexibility index (Phi) is 7.55. The van der Waals surface area contributed by atoms with E-state index in [1.54, 1.807) is 0 Å². The monoisotopic (exact) mass is 435 g/mol. The maximum absolute atomic E-state index is 13.0. The first-order chi connectivity index (χ1) is 15.7. The molecule has 4 rings (SSSR count). The third-order valence-corrected chi connectivity index (χ3v) is 6.86. The number of piperidine rings is 1. The zero-order valence-electron chi connectivity index (χ0n) is 18.5. The third kappa shape index (κ3) is 5.37. The molecule has 0 spiro atoms. The third-order valence-electron chi connectivity index (χ3n) is 6.86. The van der Waals surface area contributed by atoms with E-state index in [1.807, 2.05) is 41.3 Å². The molecular weight excluding hydrogens is 402 g/mol. The van der Waals surface area contributed by atoms with Crippen molar-refractivity contribution in [3.05, 3.63) is 71.8 Å². The van der Waals surface area contributed by atoms with Crippen molar-refractivity contribution in [3.63, 3.8) is 0 Å². The Bertz CT molecular complexity index is 842. The molecule has 6 heteroatoms. The van der Waals surface area contributed by atoms with E-state index in [-0.39, 0.29) is 36.7 Å². The van der Waals surface area contributed by atoms with Crippen LogP contribution in [0.5, 0.6) is 0 Å². The average molecular weight is 436 g/mol. The van der Waals surface area contributed by atoms with E-state index < -0.39 is 6.04 Å². The number of rotatable bonds is 7. The van der Waals surface area contributed by atoms with Gasteiger partial charge >= 0.3 is 0 Å². The van der Waals surface area contributed by atoms with Crippen LogP contribution in [0.3, 0.4) is 0 Å². The van der Waals surface area contributed by atoms with Crippen LogP contribution in [0.15, 0.2) is 60.7 Å². The number of aliphatic hydroxyl groups is 1. The van der Waals surface area contributed by atoms with Crippen molar-refractivity contribution in [1.29, 1.82) is 0 Å². The molecule has 2 fully saturated rings. The molecule has 2 N–H and O–H groups in total. The van der Waals surface area contributed by atoms with Crippen molar-refractivity contribution in [2.24, 2.45) is 5.92 Å². The van der Waals surface area contributed by atoms with Gasteiger partial charge in [-0.1, -0.05) is 60.7 Å². The molecule has 0 saturated carbocycles. The van der Waals surface area contributed by atoms with Gasteiger partial charge in [-0.3, -0.25) is 14.5 Å². The number of carbonyl (C=O) groups is 2. The minimum atomic E-state index is -0.457. The molecular formula is C26H33N3O3. The lowest BCUT2D eigenvalue weighted by molar-refractivity contribution is -0.139. The number of likely N-dealkylation sites (tertiary alicyclic amines) is 1. The first-order valence-electron chi connectivity index (χ1n) is 11.7. The molecule has 170 valence electrons. The molecule has 0 aliphatic carbocycles. The zero-order valence-corrected chi connectivity index (χ0v) is 18.5. The molecule has 0 bridgehead atoms. The van der Waals surface area contributed by atoms with Gasteiger partial charge in [0.2, 0.25) is 11.8 Å². The molecule has 2 aromatic carbocycles. The summed E-state index contributed by atoms with van der Waals surface area (Å²) in [7, 11) is 0. The van der Waals surface area contributed by atoms with E-state index in [1.165, 1.54) is 11.1 Å². The number of benzene rings is 2. The molecule has 0 aromatic heterocycles. The maximum atomic E-state index is 13.0. The lowest BCUT2D eigenvalue weighted by Gasteiger charge is -2.38. The summed E-state index contributed by atoms with van der Waals surface area (Å²) in [4.78, 5) is 29.9. The number of hydrogen-bond acceptors (Lipinski definition) is 4. The SMILES string of the molecule is O=C1NCCN(CC(c2ccccc2)c2ccccc2)C1CC(=O)N1CCC(CO)CC1. The van der Waals surface area contributed by atoms with Crippen molar-refractivity contribution in [1.82, 2.24) is 15.1 Å². The predicted molar refractivity (Wildman–Crippen MR) is 124 cm³/mol. The first-order valence-corrected chi connectivity index (χ1v) is 11.7. The van der Waals surface area contributed by atoms with Gasteiger partial charge in [0.05, 0.1) is 12.5 Å². The lowest BCUT2D eigenvalue weighted by atomic mass is 9.90. The Morgan fingerprint density at radius 2 is 1.56 bits per heavy atom. The highest BCUT2D eigenvalue weighted by Gasteiger charge is 2.35. The van der Waals surface area contributed by atoms with Crippen LogP contribution < -0.4 is 5.32 Å². The van der Waals surface area contributed by atoms with Crippen molar-refractivity contribution in [2.45, 2.75) is 31.2 Å². The van der Waals surface area contributed by atoms with E-state index in [4.69, 9.17) is 0 Å². The fourth-order valence-corrected chi connectivity index (χ4v) is 4.87. The first kappa shape index (κ1) is 22.5. The summed E-state index contributed by atoms with van der Waals surface area (Å²) in [6.45, 7) is 3.52. The van der Waals surface area contributed by atoms with Gasteiger partial charge in [-0.2, -0.15) is 0 Å². The Morgan fingerprint density at radius 1 is 0.969 bits per heavy atom. The summed E-state index contributed by atoms with van der Waals surface area (Å²) < 4.78 is 0. The summed E-state index contributed by atoms with van der Waals surface area (Å²) >= 11 is 0. The Labute approximate surface area is 190 Å². The van der Waals surface area contributed by atoms with Gasteiger partial charge in [0, 0.05) is 45.2 Å². The summed E-state index contributed by atoms with van der Waals surface area (Å²) in [5, 5.41) is 12.3. The predicted octanol–water partition coefficient (Wildman–Crippen LogP) is 2.24. The van der Waals surface area contributed by atoms with Crippen LogP contribution in [-0.2, 0) is 9.59 Å². The molecule has 2 amide bonds. The van der Waals surface area contributed by atoms with E-state index in [0.717, 1.165) is 19.4 Å². The molecule has 2 heterocycles. The number of aliphatic hydroxyl groups excluding tert-OH is 1. The summed E-state index contributed by atoms with van der Waals surface area (Å²) in [5.41, 5.74) is 2.42. The standard InChI is InChI=1S/C26H33N3O3/c30-19-20-11-14-28(15-12-20)25(31)17-24-26(32)27-13-16-29(24)18-23(21-7-3-1-4-8-21)22-9-5-2-6-10-22/h1-10,20,23-24,30H,11-19H2,(H,27,32). The largest absolute Gasteiger partial charge is 0.396 e. The molecule has 2 aliphatic rings. The van der Waals surface area contributed by atoms with Gasteiger partial charge in [0.1, 0.15) is 0 Å². The Balaban J connectivity index is 1.50. The van der Waals surface area contributed by atoms with Gasteiger partial charge < -0.3 is 15.3 Å². The van der Waals surface area contributed by atoms with Crippen molar-refractivity contribution >= 4 is 11.8 Å². The topological polar surface area (TPSA) is 72.9 Å². The Hall–Kier alpha value is -2.70. The fraction of sp³-hybridized carbons (Fsp3) is 0.462. The molecule has 32 heavy (non-hydrogen) atoms. The van der Waals surface area contributed by atoms with Crippen LogP contribution in [-0.4, -0.2) is 72.1 Å². The average Bonchev–Trinajstić information content (AvgIpc) is 2.85. The van der Waals surface area contributed by atoms with E-state index in [2.05, 4.69) is 34.5 Å². The molecule has 2 saturated heterocycles. The zero-order chi connectivity index (χ0) is 22.3. The lowest BCUT2D eigenvalue weighted by Crippen LogP contribution is -2.57. The normalized spacial score (nSPS) is 20.4. The molecule has 0 radical (unpaired) electrons. The van der Waals surface area contributed by atoms with Crippen molar-refractivity contribution in [3.8, 4) is 0 Å². The van der Waals surface area contributed by atoms with Gasteiger partial charge in [0.15, 0.2) is 0 Å². The molecule has 2 aliphatic heterocycles. The number of piperazine rings is 1. The van der Waals surface area contributed by atoms with Crippen LogP contribution in [0.25, 0.3) is 0 Å². The number of nitrogens with one attached hydrogen (secondary N) is 1. The second-order valence-electron chi connectivity index (χ2n) is 8.89. The van der Waals surface area contributed by atoms with Crippen LogP contribution in [0, 0.1) is 5.92 Å². The molecule has 6 nitrogen and oxygen atoms in total. The minimum Gasteiger partial charge on any atom is -0.396 e. The van der Waals surface area contributed by atoms with Gasteiger partial charge in [-0.15, -0.1) is 0 Å². The number of amides is 2.